The van der Waals surface area contributed by atoms with E-state index in [1.165, 1.54) is 6.20 Å². The molecule has 0 bridgehead atoms. The Morgan fingerprint density at radius 1 is 1.57 bits per heavy atom. The van der Waals surface area contributed by atoms with Crippen LogP contribution >= 0.6 is 0 Å². The largest absolute Gasteiger partial charge is 0.480 e. The summed E-state index contributed by atoms with van der Waals surface area (Å²) in [6.45, 7) is -0.547. The van der Waals surface area contributed by atoms with Crippen molar-refractivity contribution in [1.82, 2.24) is 15.5 Å². The van der Waals surface area contributed by atoms with E-state index in [1.54, 1.807) is 0 Å². The lowest BCUT2D eigenvalue weighted by molar-refractivity contribution is -0.135. The predicted molar refractivity (Wildman–Crippen MR) is 44.8 cm³/mol. The minimum atomic E-state index is -1.19. The number of nitrogens with zero attached hydrogens (tertiary/aromatic N) is 1. The van der Waals surface area contributed by atoms with Gasteiger partial charge >= 0.3 is 5.97 Å². The molecular formula is C7H7N3O4. The summed E-state index contributed by atoms with van der Waals surface area (Å²) in [6, 6.07) is 1.13. The number of aromatic amines is 1. The first-order valence-electron chi connectivity index (χ1n) is 3.65. The number of carboxylic acids is 1. The van der Waals surface area contributed by atoms with Gasteiger partial charge in [0.15, 0.2) is 5.69 Å². The van der Waals surface area contributed by atoms with Gasteiger partial charge in [-0.1, -0.05) is 0 Å². The van der Waals surface area contributed by atoms with Gasteiger partial charge in [-0.3, -0.25) is 19.5 Å². The van der Waals surface area contributed by atoms with Crippen molar-refractivity contribution >= 4 is 11.9 Å². The van der Waals surface area contributed by atoms with Gasteiger partial charge in [-0.25, -0.2) is 0 Å². The Labute approximate surface area is 77.8 Å². The summed E-state index contributed by atoms with van der Waals surface area (Å²) >= 11 is 0. The molecule has 0 aromatic carbocycles. The smallest absolute Gasteiger partial charge is 0.322 e. The van der Waals surface area contributed by atoms with Crippen molar-refractivity contribution in [1.29, 1.82) is 0 Å². The zero-order valence-electron chi connectivity index (χ0n) is 6.98. The number of carbonyl (C=O) groups excluding carboxylic acids is 1. The van der Waals surface area contributed by atoms with Crippen LogP contribution in [0, 0.1) is 0 Å². The summed E-state index contributed by atoms with van der Waals surface area (Å²) in [5.74, 6) is -2.00. The second kappa shape index (κ2) is 4.17. The first-order valence-corrected chi connectivity index (χ1v) is 3.65. The van der Waals surface area contributed by atoms with Crippen molar-refractivity contribution in [2.24, 2.45) is 0 Å². The molecule has 3 N–H and O–H groups in total. The fraction of sp³-hybridized carbons (Fsp3) is 0.143. The van der Waals surface area contributed by atoms with E-state index in [4.69, 9.17) is 5.11 Å². The molecule has 0 unspecified atom stereocenters. The molecule has 1 heterocycles. The van der Waals surface area contributed by atoms with Crippen LogP contribution in [0.5, 0.6) is 0 Å². The summed E-state index contributed by atoms with van der Waals surface area (Å²) in [7, 11) is 0. The molecule has 7 heteroatoms. The van der Waals surface area contributed by atoms with Gasteiger partial charge in [-0.05, 0) is 0 Å². The van der Waals surface area contributed by atoms with E-state index in [1.807, 2.05) is 5.32 Å². The monoisotopic (exact) mass is 197 g/mol. The van der Waals surface area contributed by atoms with Crippen molar-refractivity contribution in [3.63, 3.8) is 0 Å². The highest BCUT2D eigenvalue weighted by Gasteiger charge is 2.11. The number of rotatable bonds is 3. The van der Waals surface area contributed by atoms with Crippen LogP contribution in [0.3, 0.4) is 0 Å². The second-order valence-electron chi connectivity index (χ2n) is 2.36. The molecule has 74 valence electrons. The molecule has 0 saturated carbocycles. The van der Waals surface area contributed by atoms with E-state index < -0.39 is 23.9 Å². The number of aliphatic carboxylic acids is 1. The molecule has 1 amide bonds. The zero-order chi connectivity index (χ0) is 10.6. The lowest BCUT2D eigenvalue weighted by atomic mass is 10.3. The van der Waals surface area contributed by atoms with E-state index in [0.717, 1.165) is 6.07 Å². The van der Waals surface area contributed by atoms with Gasteiger partial charge in [0.2, 0.25) is 5.43 Å². The molecular weight excluding hydrogens is 190 g/mol. The fourth-order valence-corrected chi connectivity index (χ4v) is 0.751. The third-order valence-electron chi connectivity index (χ3n) is 1.33. The molecule has 1 aromatic rings. The highest BCUT2D eigenvalue weighted by atomic mass is 16.4. The number of aromatic nitrogens is 2. The van der Waals surface area contributed by atoms with Crippen LogP contribution in [0.25, 0.3) is 0 Å². The average molecular weight is 197 g/mol. The lowest BCUT2D eigenvalue weighted by Crippen LogP contribution is -2.33. The standard InChI is InChI=1S/C7H7N3O4/c11-4-1-2-9-10-6(4)7(14)8-3-5(12)13/h1-2H,3H2,(H,8,14)(H,9,11)(H,12,13). The number of carboxylic acid groups (broad SMARTS) is 1. The van der Waals surface area contributed by atoms with Crippen LogP contribution < -0.4 is 10.7 Å². The summed E-state index contributed by atoms with van der Waals surface area (Å²) in [5, 5.41) is 16.0. The van der Waals surface area contributed by atoms with Crippen molar-refractivity contribution < 1.29 is 14.7 Å². The molecule has 1 rings (SSSR count). The maximum atomic E-state index is 11.1. The Morgan fingerprint density at radius 3 is 2.86 bits per heavy atom. The Hall–Kier alpha value is -2.18. The van der Waals surface area contributed by atoms with Gasteiger partial charge in [0.25, 0.3) is 5.91 Å². The van der Waals surface area contributed by atoms with Crippen LogP contribution in [0.2, 0.25) is 0 Å². The minimum absolute atomic E-state index is 0.353. The third kappa shape index (κ3) is 2.41. The van der Waals surface area contributed by atoms with Gasteiger partial charge in [-0.15, -0.1) is 0 Å². The zero-order valence-corrected chi connectivity index (χ0v) is 6.98. The van der Waals surface area contributed by atoms with Crippen LogP contribution in [0.1, 0.15) is 10.5 Å². The molecule has 0 aliphatic heterocycles. The molecule has 1 aromatic heterocycles. The number of nitrogens with one attached hydrogen (secondary N) is 2. The Balaban J connectivity index is 2.75. The van der Waals surface area contributed by atoms with E-state index in [9.17, 15) is 14.4 Å². The number of amides is 1. The van der Waals surface area contributed by atoms with Crippen molar-refractivity contribution in [2.75, 3.05) is 6.54 Å². The first kappa shape index (κ1) is 9.90. The summed E-state index contributed by atoms with van der Waals surface area (Å²) in [4.78, 5) is 32.2. The maximum Gasteiger partial charge on any atom is 0.322 e. The first-order chi connectivity index (χ1) is 6.61. The lowest BCUT2D eigenvalue weighted by Gasteiger charge is -1.98. The van der Waals surface area contributed by atoms with Gasteiger partial charge < -0.3 is 10.4 Å². The van der Waals surface area contributed by atoms with Crippen molar-refractivity contribution in [3.8, 4) is 0 Å². The quantitative estimate of drug-likeness (QED) is 0.550. The normalized spacial score (nSPS) is 9.43. The average Bonchev–Trinajstić information content (AvgIpc) is 2.15. The highest BCUT2D eigenvalue weighted by molar-refractivity contribution is 5.93. The van der Waals surface area contributed by atoms with Gasteiger partial charge in [0.1, 0.15) is 6.54 Å². The maximum absolute atomic E-state index is 11.1. The molecule has 0 atom stereocenters. The third-order valence-corrected chi connectivity index (χ3v) is 1.33. The fourth-order valence-electron chi connectivity index (χ4n) is 0.751. The van der Waals surface area contributed by atoms with Crippen LogP contribution in [0.4, 0.5) is 0 Å². The number of H-pyrrole nitrogens is 1. The molecule has 0 radical (unpaired) electrons. The molecule has 0 saturated heterocycles. The SMILES string of the molecule is O=C(O)CNC(=O)c1n[nH]ccc1=O. The number of carbonyl (C=O) groups is 2. The molecule has 0 spiro atoms. The predicted octanol–water partition coefficient (Wildman–Crippen LogP) is -1.42. The van der Waals surface area contributed by atoms with E-state index in [0.29, 0.717) is 0 Å². The number of hydrogen-bond acceptors (Lipinski definition) is 4. The Kier molecular flexibility index (Phi) is 2.95. The molecule has 7 nitrogen and oxygen atoms in total. The minimum Gasteiger partial charge on any atom is -0.480 e. The molecule has 14 heavy (non-hydrogen) atoms. The van der Waals surface area contributed by atoms with Crippen LogP contribution in [-0.4, -0.2) is 33.7 Å². The topological polar surface area (TPSA) is 112 Å². The summed E-state index contributed by atoms with van der Waals surface area (Å²) in [5.41, 5.74) is -0.916. The molecule has 0 fully saturated rings. The van der Waals surface area contributed by atoms with Gasteiger partial charge in [0.05, 0.1) is 0 Å². The second-order valence-corrected chi connectivity index (χ2v) is 2.36. The summed E-state index contributed by atoms with van der Waals surface area (Å²) in [6.07, 6.45) is 1.27. The van der Waals surface area contributed by atoms with Crippen molar-refractivity contribution in [3.05, 3.63) is 28.2 Å². The molecule has 0 aliphatic carbocycles. The van der Waals surface area contributed by atoms with E-state index in [-0.39, 0.29) is 5.69 Å². The molecule has 0 aliphatic rings. The Bertz CT molecular complexity index is 411. The van der Waals surface area contributed by atoms with Gasteiger partial charge in [0, 0.05) is 12.3 Å². The van der Waals surface area contributed by atoms with Crippen LogP contribution in [-0.2, 0) is 4.79 Å². The van der Waals surface area contributed by atoms with E-state index in [2.05, 4.69) is 10.2 Å². The van der Waals surface area contributed by atoms with Gasteiger partial charge in [-0.2, -0.15) is 5.10 Å². The Morgan fingerprint density at radius 2 is 2.29 bits per heavy atom. The van der Waals surface area contributed by atoms with E-state index >= 15 is 0 Å². The summed E-state index contributed by atoms with van der Waals surface area (Å²) < 4.78 is 0. The van der Waals surface area contributed by atoms with Crippen LogP contribution in [0.15, 0.2) is 17.1 Å². The highest BCUT2D eigenvalue weighted by Crippen LogP contribution is 1.81. The van der Waals surface area contributed by atoms with Crippen molar-refractivity contribution in [2.45, 2.75) is 0 Å². The number of hydrogen-bond donors (Lipinski definition) is 3.